The van der Waals surface area contributed by atoms with E-state index >= 15 is 0 Å². The van der Waals surface area contributed by atoms with Gasteiger partial charge in [0.2, 0.25) is 17.1 Å². The molecule has 9 rings (SSSR count). The number of hydrogen-bond acceptors (Lipinski definition) is 14. The van der Waals surface area contributed by atoms with Gasteiger partial charge in [-0.1, -0.05) is 180 Å². The van der Waals surface area contributed by atoms with Gasteiger partial charge in [-0.3, -0.25) is 14.5 Å². The Labute approximate surface area is 368 Å². The van der Waals surface area contributed by atoms with Crippen molar-refractivity contribution >= 4 is 63.3 Å². The number of carbonyl (C=O) groups is 3. The summed E-state index contributed by atoms with van der Waals surface area (Å²) in [6.45, 7) is 0. The van der Waals surface area contributed by atoms with Crippen LogP contribution in [0.4, 0.5) is 5.13 Å². The number of nitrogens with two attached hydrogens (primary N) is 1. The predicted octanol–water partition coefficient (Wildman–Crippen LogP) is 7.51. The lowest BCUT2D eigenvalue weighted by molar-refractivity contribution is -0.158. The number of amides is 2. The molecule has 0 spiro atoms. The highest BCUT2D eigenvalue weighted by Gasteiger charge is 2.54. The van der Waals surface area contributed by atoms with Gasteiger partial charge in [0.05, 0.1) is 6.04 Å². The monoisotopic (exact) mass is 876 g/mol. The molecule has 2 amide bonds. The number of allylic oxidation sites excluding steroid dienone is 1. The first-order chi connectivity index (χ1) is 30.4. The van der Waals surface area contributed by atoms with Crippen molar-refractivity contribution in [3.63, 3.8) is 0 Å². The summed E-state index contributed by atoms with van der Waals surface area (Å²) < 4.78 is 11.2. The van der Waals surface area contributed by atoms with E-state index in [0.29, 0.717) is 22.1 Å². The molecule has 2 aliphatic heterocycles. The Morgan fingerprint density at radius 1 is 0.823 bits per heavy atom. The molecular weight excluding hydrogens is 841 g/mol. The molecule has 1 saturated heterocycles. The molecule has 7 aromatic rings. The van der Waals surface area contributed by atoms with Crippen LogP contribution in [0.15, 0.2) is 177 Å². The summed E-state index contributed by atoms with van der Waals surface area (Å²) in [7, 11) is 0. The fourth-order valence-electron chi connectivity index (χ4n) is 7.69. The van der Waals surface area contributed by atoms with E-state index in [2.05, 4.69) is 30.0 Å². The van der Waals surface area contributed by atoms with Crippen LogP contribution in [0, 0.1) is 0 Å². The van der Waals surface area contributed by atoms with Crippen LogP contribution in [-0.4, -0.2) is 60.0 Å². The average molecular weight is 877 g/mol. The number of esters is 1. The number of nitrogens with one attached hydrogen (secondary N) is 1. The maximum absolute atomic E-state index is 14.5. The van der Waals surface area contributed by atoms with Gasteiger partial charge in [-0.05, 0) is 24.0 Å². The quantitative estimate of drug-likeness (QED) is 0.0364. The van der Waals surface area contributed by atoms with Gasteiger partial charge < -0.3 is 20.6 Å². The second kappa shape index (κ2) is 17.9. The van der Waals surface area contributed by atoms with Crippen molar-refractivity contribution in [3.05, 3.63) is 201 Å². The van der Waals surface area contributed by atoms with E-state index in [-0.39, 0.29) is 22.4 Å². The number of thioether (sulfide) groups is 1. The fraction of sp³-hybridized carbons (Fsp3) is 0.130. The molecule has 2 atom stereocenters. The normalized spacial score (nSPS) is 16.4. The molecule has 4 heterocycles. The molecule has 0 bridgehead atoms. The molecule has 13 nitrogen and oxygen atoms in total. The second-order valence-electron chi connectivity index (χ2n) is 14.2. The van der Waals surface area contributed by atoms with Crippen molar-refractivity contribution < 1.29 is 24.0 Å². The summed E-state index contributed by atoms with van der Waals surface area (Å²) >= 11 is 3.49. The molecule has 16 heteroatoms. The topological polar surface area (TPSA) is 175 Å². The zero-order chi connectivity index (χ0) is 42.5. The lowest BCUT2D eigenvalue weighted by atomic mass is 9.80. The van der Waals surface area contributed by atoms with Crippen molar-refractivity contribution in [3.8, 4) is 0 Å². The van der Waals surface area contributed by atoms with Crippen LogP contribution in [0.2, 0.25) is 0 Å². The van der Waals surface area contributed by atoms with Gasteiger partial charge in [0.15, 0.2) is 15.6 Å². The first kappa shape index (κ1) is 40.4. The van der Waals surface area contributed by atoms with Gasteiger partial charge in [-0.25, -0.2) is 4.79 Å². The predicted molar refractivity (Wildman–Crippen MR) is 237 cm³/mol. The average Bonchev–Trinajstić information content (AvgIpc) is 4.01. The van der Waals surface area contributed by atoms with Crippen LogP contribution in [0.3, 0.4) is 0 Å². The Bertz CT molecular complexity index is 2600. The molecule has 0 saturated carbocycles. The minimum Gasteiger partial charge on any atom is -0.448 e. The number of hydrogen-bond donors (Lipinski definition) is 2. The maximum atomic E-state index is 14.5. The molecule has 0 radical (unpaired) electrons. The van der Waals surface area contributed by atoms with Crippen molar-refractivity contribution in [1.29, 1.82) is 0 Å². The second-order valence-corrected chi connectivity index (χ2v) is 17.2. The van der Waals surface area contributed by atoms with Gasteiger partial charge in [-0.15, -0.1) is 10.2 Å². The summed E-state index contributed by atoms with van der Waals surface area (Å²) in [5.74, 6) is -2.03. The van der Waals surface area contributed by atoms with Gasteiger partial charge in [0.25, 0.3) is 11.8 Å². The van der Waals surface area contributed by atoms with E-state index in [1.165, 1.54) is 28.0 Å². The third-order valence-corrected chi connectivity index (χ3v) is 13.0. The highest BCUT2D eigenvalue weighted by Crippen LogP contribution is 2.45. The molecule has 2 aromatic heterocycles. The maximum Gasteiger partial charge on any atom is 0.356 e. The van der Waals surface area contributed by atoms with Crippen LogP contribution < -0.4 is 11.1 Å². The van der Waals surface area contributed by atoms with Crippen molar-refractivity contribution in [2.75, 3.05) is 5.73 Å². The third-order valence-electron chi connectivity index (χ3n) is 10.5. The molecular formula is C46H36N8O5S3. The summed E-state index contributed by atoms with van der Waals surface area (Å²) in [5, 5.41) is 15.7. The smallest absolute Gasteiger partial charge is 0.356 e. The number of anilines is 1. The van der Waals surface area contributed by atoms with E-state index in [0.717, 1.165) is 39.3 Å². The zero-order valence-corrected chi connectivity index (χ0v) is 35.1. The number of rotatable bonds is 14. The van der Waals surface area contributed by atoms with Crippen molar-refractivity contribution in [1.82, 2.24) is 29.8 Å². The molecule has 0 aliphatic carbocycles. The van der Waals surface area contributed by atoms with Gasteiger partial charge in [-0.2, -0.15) is 9.36 Å². The Hall–Kier alpha value is -7.01. The summed E-state index contributed by atoms with van der Waals surface area (Å²) in [4.78, 5) is 56.4. The minimum atomic E-state index is -1.33. The van der Waals surface area contributed by atoms with Gasteiger partial charge in [0.1, 0.15) is 17.2 Å². The molecule has 2 aliphatic rings. The van der Waals surface area contributed by atoms with E-state index in [4.69, 9.17) is 15.3 Å². The molecule has 0 unspecified atom stereocenters. The lowest BCUT2D eigenvalue weighted by Gasteiger charge is -2.50. The number of aromatic nitrogens is 4. The standard InChI is InChI=1S/C46H36N8O5S3/c47-44-50-40(53-62-44)37(52-59-46(31-20-10-3-11-21-31,32-22-12-4-13-23-32)33-24-14-5-15-25-33)41(55)49-36-34-26-27-35(61-45-51-48-28-60-45)38(54(34)42(36)56)43(57)58-39(29-16-6-1-7-17-29)30-18-8-2-9-19-30/h1-25,28,34,36,39H,26-27H2,(H,49,55)(H2,47,50,53)/t34-,36+/m1/s1. The number of fused-ring (bicyclic) bond motifs is 1. The number of ether oxygens (including phenoxy) is 1. The Kier molecular flexibility index (Phi) is 11.7. The lowest BCUT2D eigenvalue weighted by Crippen LogP contribution is -2.72. The van der Waals surface area contributed by atoms with E-state index in [1.807, 2.05) is 152 Å². The van der Waals surface area contributed by atoms with Crippen LogP contribution in [0.5, 0.6) is 0 Å². The van der Waals surface area contributed by atoms with Crippen molar-refractivity contribution in [2.24, 2.45) is 5.16 Å². The number of benzene rings is 5. The van der Waals surface area contributed by atoms with E-state index in [9.17, 15) is 14.4 Å². The first-order valence-electron chi connectivity index (χ1n) is 19.5. The largest absolute Gasteiger partial charge is 0.448 e. The first-order valence-corrected chi connectivity index (χ1v) is 22.0. The zero-order valence-electron chi connectivity index (χ0n) is 32.7. The molecule has 3 N–H and O–H groups in total. The number of carbonyl (C=O) groups excluding carboxylic acids is 3. The number of nitrogens with zero attached hydrogens (tertiary/aromatic N) is 6. The van der Waals surface area contributed by atoms with Crippen LogP contribution in [0.1, 0.15) is 52.6 Å². The highest BCUT2D eigenvalue weighted by molar-refractivity contribution is 8.04. The third kappa shape index (κ3) is 7.98. The fourth-order valence-corrected chi connectivity index (χ4v) is 9.83. The summed E-state index contributed by atoms with van der Waals surface area (Å²) in [6, 6.07) is 45.9. The van der Waals surface area contributed by atoms with E-state index < -0.39 is 41.6 Å². The number of oxime groups is 1. The Morgan fingerprint density at radius 3 is 1.87 bits per heavy atom. The molecule has 62 heavy (non-hydrogen) atoms. The summed E-state index contributed by atoms with van der Waals surface area (Å²) in [6.07, 6.45) is 0.0714. The van der Waals surface area contributed by atoms with E-state index in [1.54, 1.807) is 5.51 Å². The number of β-lactam (4-membered cyclic amide) rings is 1. The molecule has 5 aromatic carbocycles. The number of nitrogen functional groups attached to an aromatic ring is 1. The van der Waals surface area contributed by atoms with Crippen LogP contribution in [-0.2, 0) is 29.6 Å². The van der Waals surface area contributed by atoms with Gasteiger partial charge in [0, 0.05) is 33.1 Å². The van der Waals surface area contributed by atoms with Crippen LogP contribution >= 0.6 is 34.6 Å². The molecule has 308 valence electrons. The van der Waals surface area contributed by atoms with Gasteiger partial charge >= 0.3 is 5.97 Å². The minimum absolute atomic E-state index is 0.0758. The SMILES string of the molecule is Nc1nc(C(=NOC(c2ccccc2)(c2ccccc2)c2ccccc2)C(=O)N[C@@H]2C(=O)N3C(C(=O)OC(c4ccccc4)c4ccccc4)=C(Sc4nncs4)CC[C@H]23)ns1. The molecule has 1 fully saturated rings. The van der Waals surface area contributed by atoms with Crippen LogP contribution in [0.25, 0.3) is 0 Å². The van der Waals surface area contributed by atoms with Crippen molar-refractivity contribution in [2.45, 2.75) is 41.0 Å². The summed E-state index contributed by atoms with van der Waals surface area (Å²) in [5.41, 5.74) is 9.87. The Balaban J connectivity index is 1.04. The Morgan fingerprint density at radius 2 is 1.37 bits per heavy atom. The highest BCUT2D eigenvalue weighted by atomic mass is 32.2.